The van der Waals surface area contributed by atoms with Crippen LogP contribution in [0.25, 0.3) is 0 Å². The first-order valence-corrected chi connectivity index (χ1v) is 5.43. The van der Waals surface area contributed by atoms with Crippen molar-refractivity contribution >= 4 is 5.97 Å². The van der Waals surface area contributed by atoms with E-state index < -0.39 is 12.0 Å². The molecule has 0 saturated heterocycles. The van der Waals surface area contributed by atoms with Crippen molar-refractivity contribution in [3.63, 3.8) is 0 Å². The summed E-state index contributed by atoms with van der Waals surface area (Å²) in [6, 6.07) is 9.57. The standard InChI is InChI=1S/C7H8.C6H13NO2/c1-7-5-3-2-4-6-7;1-4(2)3-5(7)6(8)9/h2-6H,1H3;4-5H,3,7H2,1-2H3,(H,8,9). The van der Waals surface area contributed by atoms with Crippen LogP contribution in [0.15, 0.2) is 30.3 Å². The first-order chi connectivity index (χ1) is 7.43. The molecule has 0 aliphatic carbocycles. The molecular formula is C13H21NO2. The summed E-state index contributed by atoms with van der Waals surface area (Å²) >= 11 is 0. The molecule has 1 atom stereocenters. The van der Waals surface area contributed by atoms with E-state index in [2.05, 4.69) is 19.1 Å². The zero-order valence-corrected chi connectivity index (χ0v) is 10.2. The number of hydrogen-bond donors (Lipinski definition) is 2. The van der Waals surface area contributed by atoms with E-state index in [1.54, 1.807) is 0 Å². The fourth-order valence-electron chi connectivity index (χ4n) is 1.14. The molecule has 3 nitrogen and oxygen atoms in total. The number of nitrogens with two attached hydrogens (primary N) is 1. The van der Waals surface area contributed by atoms with Gasteiger partial charge in [0.1, 0.15) is 6.04 Å². The molecule has 1 aromatic carbocycles. The maximum atomic E-state index is 10.1. The number of aryl methyl sites for hydroxylation is 1. The van der Waals surface area contributed by atoms with E-state index >= 15 is 0 Å². The lowest BCUT2D eigenvalue weighted by atomic mass is 10.1. The lowest BCUT2D eigenvalue weighted by molar-refractivity contribution is -0.138. The number of carboxylic acids is 1. The Labute approximate surface area is 97.3 Å². The van der Waals surface area contributed by atoms with Crippen LogP contribution in [0.2, 0.25) is 0 Å². The van der Waals surface area contributed by atoms with Gasteiger partial charge in [0.15, 0.2) is 0 Å². The average Bonchev–Trinajstić information content (AvgIpc) is 2.18. The molecular weight excluding hydrogens is 202 g/mol. The molecule has 0 radical (unpaired) electrons. The lowest BCUT2D eigenvalue weighted by Crippen LogP contribution is -2.31. The van der Waals surface area contributed by atoms with Crippen molar-refractivity contribution < 1.29 is 9.90 Å². The number of rotatable bonds is 3. The molecule has 16 heavy (non-hydrogen) atoms. The summed E-state index contributed by atoms with van der Waals surface area (Å²) in [6.07, 6.45) is 0.551. The van der Waals surface area contributed by atoms with Gasteiger partial charge in [-0.3, -0.25) is 4.79 Å². The minimum absolute atomic E-state index is 0.357. The molecule has 0 fully saturated rings. The highest BCUT2D eigenvalue weighted by Crippen LogP contribution is 2.01. The maximum absolute atomic E-state index is 10.1. The Morgan fingerprint density at radius 2 is 1.81 bits per heavy atom. The van der Waals surface area contributed by atoms with Gasteiger partial charge in [0.05, 0.1) is 0 Å². The Morgan fingerprint density at radius 1 is 1.31 bits per heavy atom. The summed E-state index contributed by atoms with van der Waals surface area (Å²) in [6.45, 7) is 5.98. The highest BCUT2D eigenvalue weighted by atomic mass is 16.4. The Morgan fingerprint density at radius 3 is 2.00 bits per heavy atom. The minimum Gasteiger partial charge on any atom is -0.480 e. The van der Waals surface area contributed by atoms with Crippen LogP contribution in [-0.2, 0) is 4.79 Å². The van der Waals surface area contributed by atoms with Crippen LogP contribution >= 0.6 is 0 Å². The smallest absolute Gasteiger partial charge is 0.320 e. The van der Waals surface area contributed by atoms with Gasteiger partial charge in [-0.15, -0.1) is 0 Å². The van der Waals surface area contributed by atoms with Crippen LogP contribution in [0.5, 0.6) is 0 Å². The van der Waals surface area contributed by atoms with Gasteiger partial charge in [-0.05, 0) is 19.3 Å². The first-order valence-electron chi connectivity index (χ1n) is 5.43. The number of benzene rings is 1. The third kappa shape index (κ3) is 8.00. The first kappa shape index (κ1) is 14.6. The van der Waals surface area contributed by atoms with Gasteiger partial charge in [-0.2, -0.15) is 0 Å². The molecule has 0 saturated carbocycles. The highest BCUT2D eigenvalue weighted by molar-refractivity contribution is 5.72. The van der Waals surface area contributed by atoms with Gasteiger partial charge in [-0.25, -0.2) is 0 Å². The summed E-state index contributed by atoms with van der Waals surface area (Å²) in [5, 5.41) is 8.31. The molecule has 0 aromatic heterocycles. The van der Waals surface area contributed by atoms with Gasteiger partial charge < -0.3 is 10.8 Å². The molecule has 3 heteroatoms. The Bertz CT molecular complexity index is 296. The highest BCUT2D eigenvalue weighted by Gasteiger charge is 2.11. The second-order valence-electron chi connectivity index (χ2n) is 4.23. The van der Waals surface area contributed by atoms with Crippen LogP contribution in [0.3, 0.4) is 0 Å². The summed E-state index contributed by atoms with van der Waals surface area (Å²) in [5.41, 5.74) is 6.54. The van der Waals surface area contributed by atoms with Gasteiger partial charge in [-0.1, -0.05) is 49.7 Å². The summed E-state index contributed by atoms with van der Waals surface area (Å²) in [7, 11) is 0. The van der Waals surface area contributed by atoms with Gasteiger partial charge >= 0.3 is 5.97 Å². The van der Waals surface area contributed by atoms with Crippen LogP contribution in [0, 0.1) is 12.8 Å². The SMILES string of the molecule is CC(C)CC(N)C(=O)O.Cc1ccccc1. The number of aliphatic carboxylic acids is 1. The number of hydrogen-bond acceptors (Lipinski definition) is 2. The topological polar surface area (TPSA) is 63.3 Å². The molecule has 1 rings (SSSR count). The molecule has 1 unspecified atom stereocenters. The Hall–Kier alpha value is -1.35. The predicted octanol–water partition coefficient (Wildman–Crippen LogP) is 2.44. The van der Waals surface area contributed by atoms with Crippen LogP contribution in [-0.4, -0.2) is 17.1 Å². The van der Waals surface area contributed by atoms with E-state index in [9.17, 15) is 4.79 Å². The second-order valence-corrected chi connectivity index (χ2v) is 4.23. The molecule has 0 bridgehead atoms. The summed E-state index contributed by atoms with van der Waals surface area (Å²) < 4.78 is 0. The van der Waals surface area contributed by atoms with E-state index in [4.69, 9.17) is 10.8 Å². The van der Waals surface area contributed by atoms with E-state index in [0.29, 0.717) is 12.3 Å². The van der Waals surface area contributed by atoms with E-state index in [1.165, 1.54) is 5.56 Å². The van der Waals surface area contributed by atoms with E-state index in [-0.39, 0.29) is 0 Å². The van der Waals surface area contributed by atoms with Crippen molar-refractivity contribution in [2.75, 3.05) is 0 Å². The molecule has 0 amide bonds. The fraction of sp³-hybridized carbons (Fsp3) is 0.462. The van der Waals surface area contributed by atoms with Crippen molar-refractivity contribution in [2.45, 2.75) is 33.2 Å². The lowest BCUT2D eigenvalue weighted by Gasteiger charge is -2.07. The minimum atomic E-state index is -0.913. The Balaban J connectivity index is 0.000000288. The van der Waals surface area contributed by atoms with Crippen molar-refractivity contribution in [3.8, 4) is 0 Å². The maximum Gasteiger partial charge on any atom is 0.320 e. The third-order valence-electron chi connectivity index (χ3n) is 1.98. The van der Waals surface area contributed by atoms with Crippen LogP contribution in [0.1, 0.15) is 25.8 Å². The molecule has 0 aliphatic heterocycles. The summed E-state index contributed by atoms with van der Waals surface area (Å²) in [5.74, 6) is -0.556. The van der Waals surface area contributed by atoms with Gasteiger partial charge in [0.25, 0.3) is 0 Å². The number of carboxylic acid groups (broad SMARTS) is 1. The molecule has 0 spiro atoms. The van der Waals surface area contributed by atoms with Crippen molar-refractivity contribution in [1.82, 2.24) is 0 Å². The van der Waals surface area contributed by atoms with Crippen LogP contribution < -0.4 is 5.73 Å². The second kappa shape index (κ2) is 7.88. The van der Waals surface area contributed by atoms with Crippen molar-refractivity contribution in [1.29, 1.82) is 0 Å². The number of carbonyl (C=O) groups is 1. The molecule has 90 valence electrons. The normalized spacial score (nSPS) is 11.6. The third-order valence-corrected chi connectivity index (χ3v) is 1.98. The molecule has 0 aliphatic rings. The van der Waals surface area contributed by atoms with E-state index in [0.717, 1.165) is 0 Å². The largest absolute Gasteiger partial charge is 0.480 e. The molecule has 3 N–H and O–H groups in total. The average molecular weight is 223 g/mol. The van der Waals surface area contributed by atoms with Crippen molar-refractivity contribution in [3.05, 3.63) is 35.9 Å². The van der Waals surface area contributed by atoms with Gasteiger partial charge in [0.2, 0.25) is 0 Å². The van der Waals surface area contributed by atoms with Crippen molar-refractivity contribution in [2.24, 2.45) is 11.7 Å². The van der Waals surface area contributed by atoms with E-state index in [1.807, 2.05) is 32.0 Å². The predicted molar refractivity (Wildman–Crippen MR) is 66.2 cm³/mol. The Kier molecular flexibility index (Phi) is 7.21. The zero-order chi connectivity index (χ0) is 12.6. The zero-order valence-electron chi connectivity index (χ0n) is 10.2. The molecule has 0 heterocycles. The summed E-state index contributed by atoms with van der Waals surface area (Å²) in [4.78, 5) is 10.1. The monoisotopic (exact) mass is 223 g/mol. The fourth-order valence-corrected chi connectivity index (χ4v) is 1.14. The van der Waals surface area contributed by atoms with Gasteiger partial charge in [0, 0.05) is 0 Å². The quantitative estimate of drug-likeness (QED) is 0.827. The van der Waals surface area contributed by atoms with Crippen LogP contribution in [0.4, 0.5) is 0 Å². The molecule has 1 aromatic rings.